The number of urea groups is 1. The Morgan fingerprint density at radius 1 is 1.24 bits per heavy atom. The first-order valence-corrected chi connectivity index (χ1v) is 6.98. The maximum absolute atomic E-state index is 12.0. The van der Waals surface area contributed by atoms with E-state index in [0.29, 0.717) is 12.0 Å². The normalized spacial score (nSPS) is 24.9. The minimum atomic E-state index is 0.139. The SMILES string of the molecule is CC(N)C1CCN(C(=O)NC2CCCC2)CC1. The molecule has 0 spiro atoms. The lowest BCUT2D eigenvalue weighted by Crippen LogP contribution is -2.48. The Morgan fingerprint density at radius 2 is 1.82 bits per heavy atom. The molecule has 0 radical (unpaired) electrons. The number of nitrogens with one attached hydrogen (secondary N) is 1. The van der Waals surface area contributed by atoms with Gasteiger partial charge >= 0.3 is 6.03 Å². The largest absolute Gasteiger partial charge is 0.335 e. The summed E-state index contributed by atoms with van der Waals surface area (Å²) in [5, 5.41) is 3.15. The highest BCUT2D eigenvalue weighted by Crippen LogP contribution is 2.21. The number of hydrogen-bond acceptors (Lipinski definition) is 2. The molecule has 2 rings (SSSR count). The quantitative estimate of drug-likeness (QED) is 0.770. The van der Waals surface area contributed by atoms with Gasteiger partial charge in [-0.05, 0) is 38.5 Å². The average molecular weight is 239 g/mol. The second-order valence-electron chi connectivity index (χ2n) is 5.61. The van der Waals surface area contributed by atoms with Crippen LogP contribution >= 0.6 is 0 Å². The third-order valence-corrected chi connectivity index (χ3v) is 4.25. The molecule has 2 aliphatic rings. The van der Waals surface area contributed by atoms with Crippen LogP contribution in [0.5, 0.6) is 0 Å². The van der Waals surface area contributed by atoms with E-state index in [1.165, 1.54) is 12.8 Å². The van der Waals surface area contributed by atoms with Gasteiger partial charge in [0.15, 0.2) is 0 Å². The molecule has 1 saturated heterocycles. The van der Waals surface area contributed by atoms with Gasteiger partial charge in [0.2, 0.25) is 0 Å². The van der Waals surface area contributed by atoms with Crippen LogP contribution in [0, 0.1) is 5.92 Å². The number of amides is 2. The lowest BCUT2D eigenvalue weighted by atomic mass is 9.91. The molecule has 1 atom stereocenters. The second-order valence-corrected chi connectivity index (χ2v) is 5.61. The Balaban J connectivity index is 1.74. The van der Waals surface area contributed by atoms with Crippen LogP contribution in [0.15, 0.2) is 0 Å². The zero-order valence-corrected chi connectivity index (χ0v) is 10.8. The van der Waals surface area contributed by atoms with Crippen molar-refractivity contribution < 1.29 is 4.79 Å². The number of piperidine rings is 1. The van der Waals surface area contributed by atoms with Gasteiger partial charge in [0, 0.05) is 25.2 Å². The molecule has 98 valence electrons. The molecular weight excluding hydrogens is 214 g/mol. The first kappa shape index (κ1) is 12.7. The molecule has 1 unspecified atom stereocenters. The minimum absolute atomic E-state index is 0.139. The molecule has 1 saturated carbocycles. The van der Waals surface area contributed by atoms with Crippen LogP contribution in [-0.4, -0.2) is 36.1 Å². The smallest absolute Gasteiger partial charge is 0.317 e. The van der Waals surface area contributed by atoms with E-state index in [1.807, 2.05) is 4.90 Å². The summed E-state index contributed by atoms with van der Waals surface area (Å²) in [5.74, 6) is 0.588. The highest BCUT2D eigenvalue weighted by atomic mass is 16.2. The molecule has 1 heterocycles. The number of likely N-dealkylation sites (tertiary alicyclic amines) is 1. The highest BCUT2D eigenvalue weighted by molar-refractivity contribution is 5.74. The summed E-state index contributed by atoms with van der Waals surface area (Å²) in [4.78, 5) is 14.0. The molecule has 4 heteroatoms. The van der Waals surface area contributed by atoms with Crippen LogP contribution in [0.25, 0.3) is 0 Å². The van der Waals surface area contributed by atoms with Crippen molar-refractivity contribution in [1.82, 2.24) is 10.2 Å². The van der Waals surface area contributed by atoms with Gasteiger partial charge in [-0.15, -0.1) is 0 Å². The van der Waals surface area contributed by atoms with Crippen molar-refractivity contribution >= 4 is 6.03 Å². The zero-order chi connectivity index (χ0) is 12.3. The molecule has 0 aromatic heterocycles. The summed E-state index contributed by atoms with van der Waals surface area (Å²) >= 11 is 0. The first-order chi connectivity index (χ1) is 8.16. The number of rotatable bonds is 2. The van der Waals surface area contributed by atoms with Gasteiger partial charge < -0.3 is 16.0 Å². The maximum Gasteiger partial charge on any atom is 0.317 e. The predicted octanol–water partition coefficient (Wildman–Crippen LogP) is 1.70. The average Bonchev–Trinajstić information content (AvgIpc) is 2.82. The standard InChI is InChI=1S/C13H25N3O/c1-10(14)11-6-8-16(9-7-11)13(17)15-12-4-2-3-5-12/h10-12H,2-9,14H2,1H3,(H,15,17). The fourth-order valence-electron chi connectivity index (χ4n) is 2.96. The topological polar surface area (TPSA) is 58.4 Å². The van der Waals surface area contributed by atoms with E-state index in [2.05, 4.69) is 12.2 Å². The van der Waals surface area contributed by atoms with Crippen molar-refractivity contribution in [2.24, 2.45) is 11.7 Å². The van der Waals surface area contributed by atoms with Crippen molar-refractivity contribution in [1.29, 1.82) is 0 Å². The van der Waals surface area contributed by atoms with Crippen LogP contribution in [0.1, 0.15) is 45.4 Å². The van der Waals surface area contributed by atoms with Crippen LogP contribution in [0.2, 0.25) is 0 Å². The molecule has 2 fully saturated rings. The Bertz CT molecular complexity index is 253. The number of carbonyl (C=O) groups is 1. The lowest BCUT2D eigenvalue weighted by molar-refractivity contribution is 0.161. The summed E-state index contributed by atoms with van der Waals surface area (Å²) in [5.41, 5.74) is 5.90. The molecule has 2 amide bonds. The van der Waals surface area contributed by atoms with Crippen molar-refractivity contribution in [2.75, 3.05) is 13.1 Å². The van der Waals surface area contributed by atoms with Gasteiger partial charge in [-0.3, -0.25) is 0 Å². The zero-order valence-electron chi connectivity index (χ0n) is 10.8. The summed E-state index contributed by atoms with van der Waals surface area (Å²) in [6.45, 7) is 3.80. The van der Waals surface area contributed by atoms with Crippen molar-refractivity contribution in [3.8, 4) is 0 Å². The maximum atomic E-state index is 12.0. The van der Waals surface area contributed by atoms with Crippen LogP contribution in [0.4, 0.5) is 4.79 Å². The lowest BCUT2D eigenvalue weighted by Gasteiger charge is -2.34. The van der Waals surface area contributed by atoms with E-state index in [9.17, 15) is 4.79 Å². The number of nitrogens with two attached hydrogens (primary N) is 1. The summed E-state index contributed by atoms with van der Waals surface area (Å²) in [6, 6.07) is 0.823. The minimum Gasteiger partial charge on any atom is -0.335 e. The molecule has 17 heavy (non-hydrogen) atoms. The van der Waals surface area contributed by atoms with Crippen LogP contribution in [0.3, 0.4) is 0 Å². The fraction of sp³-hybridized carbons (Fsp3) is 0.923. The fourth-order valence-corrected chi connectivity index (χ4v) is 2.96. The van der Waals surface area contributed by atoms with Gasteiger partial charge in [0.25, 0.3) is 0 Å². The number of nitrogens with zero attached hydrogens (tertiary/aromatic N) is 1. The highest BCUT2D eigenvalue weighted by Gasteiger charge is 2.26. The Hall–Kier alpha value is -0.770. The van der Waals surface area contributed by atoms with Gasteiger partial charge in [-0.25, -0.2) is 4.79 Å². The van der Waals surface area contributed by atoms with Gasteiger partial charge in [-0.2, -0.15) is 0 Å². The Morgan fingerprint density at radius 3 is 2.35 bits per heavy atom. The van der Waals surface area contributed by atoms with E-state index in [0.717, 1.165) is 38.8 Å². The predicted molar refractivity (Wildman–Crippen MR) is 68.7 cm³/mol. The van der Waals surface area contributed by atoms with E-state index in [-0.39, 0.29) is 12.1 Å². The Kier molecular flexibility index (Phi) is 4.26. The third kappa shape index (κ3) is 3.35. The molecule has 3 N–H and O–H groups in total. The van der Waals surface area contributed by atoms with E-state index < -0.39 is 0 Å². The first-order valence-electron chi connectivity index (χ1n) is 6.98. The summed E-state index contributed by atoms with van der Waals surface area (Å²) < 4.78 is 0. The molecule has 0 bridgehead atoms. The van der Waals surface area contributed by atoms with E-state index in [1.54, 1.807) is 0 Å². The van der Waals surface area contributed by atoms with Crippen molar-refractivity contribution in [2.45, 2.75) is 57.5 Å². The van der Waals surface area contributed by atoms with E-state index in [4.69, 9.17) is 5.73 Å². The van der Waals surface area contributed by atoms with Crippen LogP contribution in [-0.2, 0) is 0 Å². The number of carbonyl (C=O) groups excluding carboxylic acids is 1. The van der Waals surface area contributed by atoms with Gasteiger partial charge in [0.1, 0.15) is 0 Å². The molecule has 1 aliphatic heterocycles. The third-order valence-electron chi connectivity index (χ3n) is 4.25. The second kappa shape index (κ2) is 5.71. The number of hydrogen-bond donors (Lipinski definition) is 2. The van der Waals surface area contributed by atoms with Crippen molar-refractivity contribution in [3.63, 3.8) is 0 Å². The summed E-state index contributed by atoms with van der Waals surface area (Å²) in [6.07, 6.45) is 6.94. The van der Waals surface area contributed by atoms with Crippen LogP contribution < -0.4 is 11.1 Å². The van der Waals surface area contributed by atoms with Gasteiger partial charge in [0.05, 0.1) is 0 Å². The molecular formula is C13H25N3O. The molecule has 0 aromatic rings. The monoisotopic (exact) mass is 239 g/mol. The van der Waals surface area contributed by atoms with Crippen molar-refractivity contribution in [3.05, 3.63) is 0 Å². The molecule has 0 aromatic carbocycles. The van der Waals surface area contributed by atoms with E-state index >= 15 is 0 Å². The molecule has 1 aliphatic carbocycles. The summed E-state index contributed by atoms with van der Waals surface area (Å²) in [7, 11) is 0. The van der Waals surface area contributed by atoms with Gasteiger partial charge in [-0.1, -0.05) is 12.8 Å². The Labute approximate surface area is 104 Å². The molecule has 4 nitrogen and oxygen atoms in total.